The van der Waals surface area contributed by atoms with Crippen molar-refractivity contribution in [1.29, 1.82) is 0 Å². The van der Waals surface area contributed by atoms with E-state index in [2.05, 4.69) is 43.4 Å². The van der Waals surface area contributed by atoms with Crippen LogP contribution in [0.2, 0.25) is 0 Å². The third kappa shape index (κ3) is 2.83. The fourth-order valence-corrected chi connectivity index (χ4v) is 2.15. The lowest BCUT2D eigenvalue weighted by Crippen LogP contribution is -2.17. The monoisotopic (exact) mass is 219 g/mol. The highest BCUT2D eigenvalue weighted by molar-refractivity contribution is 5.25. The van der Waals surface area contributed by atoms with Gasteiger partial charge in [-0.3, -0.25) is 5.32 Å². The Morgan fingerprint density at radius 2 is 2.00 bits per heavy atom. The zero-order valence-corrected chi connectivity index (χ0v) is 10.4. The van der Waals surface area contributed by atoms with E-state index in [4.69, 9.17) is 4.74 Å². The summed E-state index contributed by atoms with van der Waals surface area (Å²) >= 11 is 0. The van der Waals surface area contributed by atoms with Gasteiger partial charge in [-0.2, -0.15) is 0 Å². The lowest BCUT2D eigenvalue weighted by Gasteiger charge is -2.11. The second-order valence-corrected chi connectivity index (χ2v) is 5.01. The molecule has 0 radical (unpaired) electrons. The fourth-order valence-electron chi connectivity index (χ4n) is 2.15. The maximum absolute atomic E-state index is 5.76. The predicted molar refractivity (Wildman–Crippen MR) is 66.3 cm³/mol. The lowest BCUT2D eigenvalue weighted by atomic mass is 10.0. The van der Waals surface area contributed by atoms with Crippen LogP contribution in [0.5, 0.6) is 0 Å². The van der Waals surface area contributed by atoms with E-state index in [9.17, 15) is 0 Å². The highest BCUT2D eigenvalue weighted by Gasteiger charge is 2.22. The van der Waals surface area contributed by atoms with Crippen LogP contribution in [0.25, 0.3) is 0 Å². The summed E-state index contributed by atoms with van der Waals surface area (Å²) in [5.74, 6) is 0.718. The maximum Gasteiger partial charge on any atom is 0.106 e. The predicted octanol–water partition coefficient (Wildman–Crippen LogP) is 2.89. The minimum Gasteiger partial charge on any atom is -0.354 e. The molecule has 1 aliphatic heterocycles. The van der Waals surface area contributed by atoms with Crippen LogP contribution in [0, 0.1) is 5.92 Å². The van der Waals surface area contributed by atoms with Gasteiger partial charge in [-0.1, -0.05) is 38.1 Å². The standard InChI is InChI=1S/C14H21NO/c1-10(2)8-12-4-6-13(7-5-12)14-9-15-11(3)16-14/h4-7,10-11,14-15H,8-9H2,1-3H3. The average molecular weight is 219 g/mol. The Balaban J connectivity index is 2.02. The number of hydrogen-bond acceptors (Lipinski definition) is 2. The third-order valence-electron chi connectivity index (χ3n) is 2.95. The largest absolute Gasteiger partial charge is 0.354 e. The van der Waals surface area contributed by atoms with Crippen molar-refractivity contribution >= 4 is 0 Å². The Bertz CT molecular complexity index is 331. The first-order chi connectivity index (χ1) is 7.65. The first-order valence-corrected chi connectivity index (χ1v) is 6.13. The van der Waals surface area contributed by atoms with Crippen molar-refractivity contribution in [2.24, 2.45) is 5.92 Å². The molecule has 0 amide bonds. The lowest BCUT2D eigenvalue weighted by molar-refractivity contribution is 0.0529. The molecule has 0 aromatic heterocycles. The van der Waals surface area contributed by atoms with Gasteiger partial charge in [0.15, 0.2) is 0 Å². The van der Waals surface area contributed by atoms with E-state index in [-0.39, 0.29) is 12.3 Å². The van der Waals surface area contributed by atoms with Crippen LogP contribution in [0.1, 0.15) is 38.0 Å². The van der Waals surface area contributed by atoms with Crippen LogP contribution in [-0.2, 0) is 11.2 Å². The van der Waals surface area contributed by atoms with Gasteiger partial charge in [0.1, 0.15) is 6.23 Å². The van der Waals surface area contributed by atoms with Crippen LogP contribution in [-0.4, -0.2) is 12.8 Å². The topological polar surface area (TPSA) is 21.3 Å². The summed E-state index contributed by atoms with van der Waals surface area (Å²) in [6, 6.07) is 8.84. The van der Waals surface area contributed by atoms with Crippen molar-refractivity contribution < 1.29 is 4.74 Å². The number of benzene rings is 1. The van der Waals surface area contributed by atoms with Gasteiger partial charge in [-0.05, 0) is 30.4 Å². The second-order valence-electron chi connectivity index (χ2n) is 5.01. The van der Waals surface area contributed by atoms with Crippen molar-refractivity contribution in [3.8, 4) is 0 Å². The van der Waals surface area contributed by atoms with Gasteiger partial charge in [-0.15, -0.1) is 0 Å². The van der Waals surface area contributed by atoms with E-state index in [0.717, 1.165) is 18.9 Å². The molecule has 1 saturated heterocycles. The first-order valence-electron chi connectivity index (χ1n) is 6.13. The Hall–Kier alpha value is -0.860. The molecule has 16 heavy (non-hydrogen) atoms. The summed E-state index contributed by atoms with van der Waals surface area (Å²) in [6.45, 7) is 7.47. The molecule has 88 valence electrons. The van der Waals surface area contributed by atoms with E-state index < -0.39 is 0 Å². The minimum absolute atomic E-state index is 0.181. The summed E-state index contributed by atoms with van der Waals surface area (Å²) in [7, 11) is 0. The van der Waals surface area contributed by atoms with Crippen LogP contribution >= 0.6 is 0 Å². The van der Waals surface area contributed by atoms with Crippen LogP contribution < -0.4 is 5.32 Å². The van der Waals surface area contributed by atoms with Crippen molar-refractivity contribution in [1.82, 2.24) is 5.32 Å². The molecule has 2 rings (SSSR count). The molecule has 0 saturated carbocycles. The van der Waals surface area contributed by atoms with Crippen molar-refractivity contribution in [3.05, 3.63) is 35.4 Å². The minimum atomic E-state index is 0.181. The summed E-state index contributed by atoms with van der Waals surface area (Å²) < 4.78 is 5.76. The molecule has 1 aromatic carbocycles. The van der Waals surface area contributed by atoms with Gasteiger partial charge in [0, 0.05) is 6.54 Å². The summed E-state index contributed by atoms with van der Waals surface area (Å²) in [5.41, 5.74) is 2.70. The molecule has 1 heterocycles. The molecular formula is C14H21NO. The van der Waals surface area contributed by atoms with E-state index in [1.807, 2.05) is 6.92 Å². The zero-order chi connectivity index (χ0) is 11.5. The van der Waals surface area contributed by atoms with Crippen LogP contribution in [0.4, 0.5) is 0 Å². The zero-order valence-electron chi connectivity index (χ0n) is 10.4. The fraction of sp³-hybridized carbons (Fsp3) is 0.571. The normalized spacial score (nSPS) is 25.2. The molecule has 1 fully saturated rings. The van der Waals surface area contributed by atoms with E-state index >= 15 is 0 Å². The molecule has 0 bridgehead atoms. The van der Waals surface area contributed by atoms with E-state index in [1.165, 1.54) is 11.1 Å². The smallest absolute Gasteiger partial charge is 0.106 e. The SMILES string of the molecule is CC(C)Cc1ccc(C2CNC(C)O2)cc1. The highest BCUT2D eigenvalue weighted by Crippen LogP contribution is 2.23. The van der Waals surface area contributed by atoms with Crippen molar-refractivity contribution in [3.63, 3.8) is 0 Å². The molecule has 2 nitrogen and oxygen atoms in total. The molecule has 0 aliphatic carbocycles. The van der Waals surface area contributed by atoms with Gasteiger partial charge in [0.2, 0.25) is 0 Å². The third-order valence-corrected chi connectivity index (χ3v) is 2.95. The Labute approximate surface area is 98.0 Å². The Kier molecular flexibility index (Phi) is 3.62. The average Bonchev–Trinajstić information content (AvgIpc) is 2.65. The van der Waals surface area contributed by atoms with Gasteiger partial charge >= 0.3 is 0 Å². The first kappa shape index (κ1) is 11.6. The van der Waals surface area contributed by atoms with E-state index in [1.54, 1.807) is 0 Å². The quantitative estimate of drug-likeness (QED) is 0.844. The molecular weight excluding hydrogens is 198 g/mol. The van der Waals surface area contributed by atoms with Gasteiger partial charge in [0.25, 0.3) is 0 Å². The Morgan fingerprint density at radius 1 is 1.31 bits per heavy atom. The van der Waals surface area contributed by atoms with Gasteiger partial charge in [-0.25, -0.2) is 0 Å². The number of ether oxygens (including phenoxy) is 1. The molecule has 2 unspecified atom stereocenters. The molecule has 2 atom stereocenters. The molecule has 2 heteroatoms. The van der Waals surface area contributed by atoms with Gasteiger partial charge < -0.3 is 4.74 Å². The molecule has 1 aliphatic rings. The highest BCUT2D eigenvalue weighted by atomic mass is 16.5. The summed E-state index contributed by atoms with van der Waals surface area (Å²) in [5, 5.41) is 3.29. The Morgan fingerprint density at radius 3 is 2.50 bits per heavy atom. The van der Waals surface area contributed by atoms with Crippen molar-refractivity contribution in [2.45, 2.75) is 39.5 Å². The molecule has 0 spiro atoms. The van der Waals surface area contributed by atoms with Crippen LogP contribution in [0.15, 0.2) is 24.3 Å². The number of hydrogen-bond donors (Lipinski definition) is 1. The molecule has 1 N–H and O–H groups in total. The van der Waals surface area contributed by atoms with Crippen molar-refractivity contribution in [2.75, 3.05) is 6.54 Å². The number of rotatable bonds is 3. The van der Waals surface area contributed by atoms with Gasteiger partial charge in [0.05, 0.1) is 6.10 Å². The summed E-state index contributed by atoms with van der Waals surface area (Å²) in [4.78, 5) is 0. The number of nitrogens with one attached hydrogen (secondary N) is 1. The second kappa shape index (κ2) is 4.98. The summed E-state index contributed by atoms with van der Waals surface area (Å²) in [6.07, 6.45) is 1.56. The van der Waals surface area contributed by atoms with Crippen LogP contribution in [0.3, 0.4) is 0 Å². The van der Waals surface area contributed by atoms with E-state index in [0.29, 0.717) is 0 Å². The maximum atomic E-state index is 5.76. The molecule has 1 aromatic rings.